The highest BCUT2D eigenvalue weighted by Crippen LogP contribution is 2.26. The molecule has 1 heterocycles. The van der Waals surface area contributed by atoms with Crippen molar-refractivity contribution in [1.29, 1.82) is 0 Å². The van der Waals surface area contributed by atoms with Gasteiger partial charge in [0, 0.05) is 6.42 Å². The molecule has 2 aromatic carbocycles. The van der Waals surface area contributed by atoms with Crippen molar-refractivity contribution in [3.05, 3.63) is 65.5 Å². The molecule has 0 saturated heterocycles. The van der Waals surface area contributed by atoms with E-state index < -0.39 is 0 Å². The third-order valence-corrected chi connectivity index (χ3v) is 6.27. The van der Waals surface area contributed by atoms with E-state index in [1.54, 1.807) is 7.11 Å². The lowest BCUT2D eigenvalue weighted by molar-refractivity contribution is -0.893. The number of benzene rings is 2. The summed E-state index contributed by atoms with van der Waals surface area (Å²) >= 11 is 1.40. The lowest BCUT2D eigenvalue weighted by Gasteiger charge is -2.20. The summed E-state index contributed by atoms with van der Waals surface area (Å²) in [6.07, 6.45) is 0.952. The number of anilines is 1. The maximum absolute atomic E-state index is 12.7. The first-order valence-electron chi connectivity index (χ1n) is 10.8. The standard InChI is InChI=1S/C24H31N5O2S/c1-6-20(28(3)4)23-26-27-24(29(23)15-18-10-8-7-9-11-18)32-16-22(30)25-19-14-17(2)12-13-21(19)31-5/h7-14,20H,6,15-16H2,1-5H3,(H,25,30)/p+1/t20-/m0/s1. The Hall–Kier alpha value is -2.84. The van der Waals surface area contributed by atoms with Crippen LogP contribution in [0.5, 0.6) is 5.75 Å². The van der Waals surface area contributed by atoms with Crippen LogP contribution in [0.1, 0.15) is 36.3 Å². The predicted molar refractivity (Wildman–Crippen MR) is 128 cm³/mol. The van der Waals surface area contributed by atoms with E-state index in [2.05, 4.69) is 53.2 Å². The molecule has 170 valence electrons. The van der Waals surface area contributed by atoms with Gasteiger partial charge in [-0.25, -0.2) is 0 Å². The molecule has 0 unspecified atom stereocenters. The molecular formula is C24H32N5O2S+. The summed E-state index contributed by atoms with van der Waals surface area (Å²) in [7, 11) is 5.86. The lowest BCUT2D eigenvalue weighted by Crippen LogP contribution is -3.06. The Bertz CT molecular complexity index is 1040. The summed E-state index contributed by atoms with van der Waals surface area (Å²) in [4.78, 5) is 14.0. The van der Waals surface area contributed by atoms with E-state index in [0.29, 0.717) is 18.0 Å². The van der Waals surface area contributed by atoms with Gasteiger partial charge in [0.2, 0.25) is 5.91 Å². The molecule has 0 aliphatic carbocycles. The number of nitrogens with one attached hydrogen (secondary N) is 2. The first-order valence-corrected chi connectivity index (χ1v) is 11.8. The monoisotopic (exact) mass is 454 g/mol. The SMILES string of the molecule is CC[C@@H](c1nnc(SCC(=O)Nc2cc(C)ccc2OC)n1Cc1ccccc1)[NH+](C)C. The minimum atomic E-state index is -0.111. The molecular weight excluding hydrogens is 422 g/mol. The third kappa shape index (κ3) is 5.89. The average molecular weight is 455 g/mol. The van der Waals surface area contributed by atoms with E-state index in [1.807, 2.05) is 43.3 Å². The van der Waals surface area contributed by atoms with Gasteiger partial charge in [-0.2, -0.15) is 0 Å². The van der Waals surface area contributed by atoms with Crippen molar-refractivity contribution in [3.63, 3.8) is 0 Å². The van der Waals surface area contributed by atoms with Gasteiger partial charge in [-0.05, 0) is 30.2 Å². The number of carbonyl (C=O) groups is 1. The quantitative estimate of drug-likeness (QED) is 0.461. The molecule has 3 aromatic rings. The molecule has 0 aliphatic rings. The van der Waals surface area contributed by atoms with E-state index in [0.717, 1.165) is 23.0 Å². The van der Waals surface area contributed by atoms with Crippen LogP contribution in [-0.4, -0.2) is 47.6 Å². The van der Waals surface area contributed by atoms with Gasteiger partial charge in [0.25, 0.3) is 0 Å². The van der Waals surface area contributed by atoms with Crippen LogP contribution >= 0.6 is 11.8 Å². The number of aromatic nitrogens is 3. The van der Waals surface area contributed by atoms with Gasteiger partial charge in [-0.1, -0.05) is 55.1 Å². The van der Waals surface area contributed by atoms with Crippen LogP contribution in [0.3, 0.4) is 0 Å². The van der Waals surface area contributed by atoms with Crippen molar-refractivity contribution in [2.24, 2.45) is 0 Å². The Morgan fingerprint density at radius 3 is 2.59 bits per heavy atom. The second-order valence-electron chi connectivity index (χ2n) is 7.99. The summed E-state index contributed by atoms with van der Waals surface area (Å²) in [6.45, 7) is 4.81. The van der Waals surface area contributed by atoms with Gasteiger partial charge in [-0.15, -0.1) is 10.2 Å². The molecule has 1 atom stereocenters. The minimum Gasteiger partial charge on any atom is -0.495 e. The second-order valence-corrected chi connectivity index (χ2v) is 8.93. The maximum Gasteiger partial charge on any atom is 0.234 e. The number of quaternary nitrogens is 1. The number of methoxy groups -OCH3 is 1. The minimum absolute atomic E-state index is 0.111. The van der Waals surface area contributed by atoms with E-state index in [9.17, 15) is 4.79 Å². The van der Waals surface area contributed by atoms with Crippen LogP contribution in [0.25, 0.3) is 0 Å². The van der Waals surface area contributed by atoms with Crippen LogP contribution in [0, 0.1) is 6.92 Å². The lowest BCUT2D eigenvalue weighted by atomic mass is 10.2. The molecule has 1 aromatic heterocycles. The number of hydrogen-bond acceptors (Lipinski definition) is 5. The summed E-state index contributed by atoms with van der Waals surface area (Å²) in [5.74, 6) is 1.71. The smallest absolute Gasteiger partial charge is 0.234 e. The molecule has 8 heteroatoms. The molecule has 0 saturated carbocycles. The van der Waals surface area contributed by atoms with E-state index in [1.165, 1.54) is 22.2 Å². The topological polar surface area (TPSA) is 73.5 Å². The number of nitrogens with zero attached hydrogens (tertiary/aromatic N) is 3. The molecule has 0 spiro atoms. The first-order chi connectivity index (χ1) is 15.4. The normalized spacial score (nSPS) is 12.1. The Labute approximate surface area is 194 Å². The molecule has 2 N–H and O–H groups in total. The van der Waals surface area contributed by atoms with Gasteiger partial charge in [-0.3, -0.25) is 9.36 Å². The van der Waals surface area contributed by atoms with Crippen molar-refractivity contribution in [2.45, 2.75) is 38.0 Å². The van der Waals surface area contributed by atoms with Crippen molar-refractivity contribution >= 4 is 23.4 Å². The molecule has 7 nitrogen and oxygen atoms in total. The van der Waals surface area contributed by atoms with Crippen LogP contribution < -0.4 is 15.0 Å². The second kappa shape index (κ2) is 11.2. The molecule has 0 bridgehead atoms. The molecule has 32 heavy (non-hydrogen) atoms. The zero-order valence-corrected chi connectivity index (χ0v) is 20.2. The predicted octanol–water partition coefficient (Wildman–Crippen LogP) is 2.97. The number of rotatable bonds is 10. The molecule has 1 amide bonds. The van der Waals surface area contributed by atoms with Crippen LogP contribution in [0.4, 0.5) is 5.69 Å². The summed E-state index contributed by atoms with van der Waals surface area (Å²) in [5.41, 5.74) is 2.90. The zero-order valence-electron chi connectivity index (χ0n) is 19.4. The molecule has 0 radical (unpaired) electrons. The van der Waals surface area contributed by atoms with Gasteiger partial charge in [0.15, 0.2) is 11.0 Å². The van der Waals surface area contributed by atoms with Crippen molar-refractivity contribution in [2.75, 3.05) is 32.3 Å². The van der Waals surface area contributed by atoms with Gasteiger partial charge >= 0.3 is 0 Å². The largest absolute Gasteiger partial charge is 0.495 e. The van der Waals surface area contributed by atoms with Gasteiger partial charge in [0.05, 0.1) is 39.2 Å². The molecule has 0 fully saturated rings. The summed E-state index contributed by atoms with van der Waals surface area (Å²) in [6, 6.07) is 16.2. The Kier molecular flexibility index (Phi) is 8.30. The fourth-order valence-corrected chi connectivity index (χ4v) is 4.41. The van der Waals surface area contributed by atoms with E-state index >= 15 is 0 Å². The average Bonchev–Trinajstić information content (AvgIpc) is 3.15. The van der Waals surface area contributed by atoms with Crippen molar-refractivity contribution in [1.82, 2.24) is 14.8 Å². The summed E-state index contributed by atoms with van der Waals surface area (Å²) < 4.78 is 7.50. The van der Waals surface area contributed by atoms with E-state index in [4.69, 9.17) is 4.74 Å². The van der Waals surface area contributed by atoms with Crippen LogP contribution in [-0.2, 0) is 11.3 Å². The van der Waals surface area contributed by atoms with Gasteiger partial charge in [0.1, 0.15) is 11.8 Å². The molecule has 3 rings (SSSR count). The van der Waals surface area contributed by atoms with E-state index in [-0.39, 0.29) is 17.7 Å². The van der Waals surface area contributed by atoms with Crippen LogP contribution in [0.2, 0.25) is 0 Å². The Morgan fingerprint density at radius 2 is 1.94 bits per heavy atom. The Balaban J connectivity index is 1.79. The van der Waals surface area contributed by atoms with Crippen molar-refractivity contribution in [3.8, 4) is 5.75 Å². The zero-order chi connectivity index (χ0) is 23.1. The number of ether oxygens (including phenoxy) is 1. The fraction of sp³-hybridized carbons (Fsp3) is 0.375. The summed E-state index contributed by atoms with van der Waals surface area (Å²) in [5, 5.41) is 12.7. The molecule has 0 aliphatic heterocycles. The highest BCUT2D eigenvalue weighted by molar-refractivity contribution is 7.99. The van der Waals surface area contributed by atoms with Crippen LogP contribution in [0.15, 0.2) is 53.7 Å². The maximum atomic E-state index is 12.7. The number of hydrogen-bond donors (Lipinski definition) is 2. The Morgan fingerprint density at radius 1 is 1.19 bits per heavy atom. The number of aryl methyl sites for hydroxylation is 1. The number of thioether (sulfide) groups is 1. The van der Waals surface area contributed by atoms with Crippen molar-refractivity contribution < 1.29 is 14.4 Å². The van der Waals surface area contributed by atoms with Gasteiger partial charge < -0.3 is 15.0 Å². The number of carbonyl (C=O) groups excluding carboxylic acids is 1. The highest BCUT2D eigenvalue weighted by Gasteiger charge is 2.25. The fourth-order valence-electron chi connectivity index (χ4n) is 3.66. The highest BCUT2D eigenvalue weighted by atomic mass is 32.2. The number of amides is 1. The first kappa shape index (κ1) is 23.8. The third-order valence-electron chi connectivity index (χ3n) is 5.31.